The zero-order chi connectivity index (χ0) is 14.4. The summed E-state index contributed by atoms with van der Waals surface area (Å²) in [4.78, 5) is 12.1. The van der Waals surface area contributed by atoms with Gasteiger partial charge in [-0.1, -0.05) is 45.4 Å². The van der Waals surface area contributed by atoms with Crippen molar-refractivity contribution < 1.29 is 9.90 Å². The number of aliphatic hydroxyl groups is 1. The fourth-order valence-electron chi connectivity index (χ4n) is 3.91. The van der Waals surface area contributed by atoms with Gasteiger partial charge in [-0.25, -0.2) is 0 Å². The average Bonchev–Trinajstić information content (AvgIpc) is 2.62. The van der Waals surface area contributed by atoms with Crippen LogP contribution in [0.2, 0.25) is 0 Å². The SMILES string of the molecule is CC1CCCC(CC(=O)NCC2(O)CCCCCC2)C1. The highest BCUT2D eigenvalue weighted by molar-refractivity contribution is 5.76. The second kappa shape index (κ2) is 7.44. The van der Waals surface area contributed by atoms with E-state index in [1.54, 1.807) is 0 Å². The van der Waals surface area contributed by atoms with Crippen LogP contribution in [0, 0.1) is 11.8 Å². The van der Waals surface area contributed by atoms with E-state index in [1.807, 2.05) is 0 Å². The number of carbonyl (C=O) groups is 1. The first-order chi connectivity index (χ1) is 9.57. The first-order valence-corrected chi connectivity index (χ1v) is 8.56. The minimum atomic E-state index is -0.647. The first kappa shape index (κ1) is 15.8. The van der Waals surface area contributed by atoms with Crippen LogP contribution in [0.25, 0.3) is 0 Å². The molecule has 0 radical (unpaired) electrons. The Balaban J connectivity index is 1.71. The fourth-order valence-corrected chi connectivity index (χ4v) is 3.91. The van der Waals surface area contributed by atoms with Gasteiger partial charge < -0.3 is 10.4 Å². The molecule has 2 aliphatic carbocycles. The molecule has 20 heavy (non-hydrogen) atoms. The lowest BCUT2D eigenvalue weighted by Gasteiger charge is -2.29. The second-order valence-electron chi connectivity index (χ2n) is 7.26. The van der Waals surface area contributed by atoms with E-state index < -0.39 is 5.60 Å². The van der Waals surface area contributed by atoms with Gasteiger partial charge in [-0.15, -0.1) is 0 Å². The third-order valence-electron chi connectivity index (χ3n) is 5.17. The van der Waals surface area contributed by atoms with Crippen molar-refractivity contribution in [2.24, 2.45) is 11.8 Å². The Kier molecular flexibility index (Phi) is 5.88. The summed E-state index contributed by atoms with van der Waals surface area (Å²) in [7, 11) is 0. The highest BCUT2D eigenvalue weighted by atomic mass is 16.3. The molecule has 3 nitrogen and oxygen atoms in total. The Morgan fingerprint density at radius 1 is 1.15 bits per heavy atom. The highest BCUT2D eigenvalue weighted by Gasteiger charge is 2.29. The predicted octanol–water partition coefficient (Wildman–Crippen LogP) is 3.40. The van der Waals surface area contributed by atoms with E-state index in [0.29, 0.717) is 18.9 Å². The molecule has 2 unspecified atom stereocenters. The minimum Gasteiger partial charge on any atom is -0.388 e. The summed E-state index contributed by atoms with van der Waals surface area (Å²) in [5.74, 6) is 1.47. The monoisotopic (exact) mass is 281 g/mol. The van der Waals surface area contributed by atoms with Crippen molar-refractivity contribution in [2.75, 3.05) is 6.54 Å². The van der Waals surface area contributed by atoms with E-state index in [1.165, 1.54) is 38.5 Å². The van der Waals surface area contributed by atoms with E-state index in [-0.39, 0.29) is 5.91 Å². The van der Waals surface area contributed by atoms with Crippen molar-refractivity contribution in [3.05, 3.63) is 0 Å². The molecule has 0 bridgehead atoms. The quantitative estimate of drug-likeness (QED) is 0.776. The van der Waals surface area contributed by atoms with Crippen LogP contribution >= 0.6 is 0 Å². The van der Waals surface area contributed by atoms with E-state index >= 15 is 0 Å². The molecule has 2 aliphatic rings. The van der Waals surface area contributed by atoms with Gasteiger partial charge in [0.25, 0.3) is 0 Å². The van der Waals surface area contributed by atoms with Crippen LogP contribution in [-0.4, -0.2) is 23.2 Å². The van der Waals surface area contributed by atoms with Gasteiger partial charge in [-0.05, 0) is 37.5 Å². The fraction of sp³-hybridized carbons (Fsp3) is 0.941. The molecule has 0 aromatic carbocycles. The Morgan fingerprint density at radius 3 is 2.50 bits per heavy atom. The predicted molar refractivity (Wildman–Crippen MR) is 81.4 cm³/mol. The van der Waals surface area contributed by atoms with Gasteiger partial charge in [-0.3, -0.25) is 4.79 Å². The zero-order valence-corrected chi connectivity index (χ0v) is 13.0. The molecule has 0 aromatic heterocycles. The lowest BCUT2D eigenvalue weighted by molar-refractivity contribution is -0.123. The maximum Gasteiger partial charge on any atom is 0.220 e. The summed E-state index contributed by atoms with van der Waals surface area (Å²) in [6.07, 6.45) is 11.9. The number of hydrogen-bond acceptors (Lipinski definition) is 2. The van der Waals surface area contributed by atoms with Gasteiger partial charge in [0.1, 0.15) is 0 Å². The summed E-state index contributed by atoms with van der Waals surface area (Å²) in [6.45, 7) is 2.74. The molecule has 3 heteroatoms. The molecule has 2 rings (SSSR count). The van der Waals surface area contributed by atoms with Crippen molar-refractivity contribution in [2.45, 2.75) is 83.2 Å². The third-order valence-corrected chi connectivity index (χ3v) is 5.17. The summed E-state index contributed by atoms with van der Waals surface area (Å²) in [5.41, 5.74) is -0.647. The Morgan fingerprint density at radius 2 is 1.85 bits per heavy atom. The third kappa shape index (κ3) is 5.08. The van der Waals surface area contributed by atoms with Crippen LogP contribution < -0.4 is 5.32 Å². The molecular weight excluding hydrogens is 250 g/mol. The summed E-state index contributed by atoms with van der Waals surface area (Å²) < 4.78 is 0. The maximum absolute atomic E-state index is 12.1. The standard InChI is InChI=1S/C17H31NO2/c1-14-7-6-8-15(11-14)12-16(19)18-13-17(20)9-4-2-3-5-10-17/h14-15,20H,2-13H2,1H3,(H,18,19). The van der Waals surface area contributed by atoms with Crippen molar-refractivity contribution in [3.63, 3.8) is 0 Å². The molecule has 2 saturated carbocycles. The van der Waals surface area contributed by atoms with Gasteiger partial charge in [0.2, 0.25) is 5.91 Å². The van der Waals surface area contributed by atoms with Gasteiger partial charge in [-0.2, -0.15) is 0 Å². The van der Waals surface area contributed by atoms with Crippen LogP contribution in [0.4, 0.5) is 0 Å². The number of hydrogen-bond donors (Lipinski definition) is 2. The van der Waals surface area contributed by atoms with Crippen molar-refractivity contribution >= 4 is 5.91 Å². The smallest absolute Gasteiger partial charge is 0.220 e. The lowest BCUT2D eigenvalue weighted by atomic mass is 9.80. The molecule has 2 atom stereocenters. The van der Waals surface area contributed by atoms with Crippen LogP contribution in [-0.2, 0) is 4.79 Å². The number of amides is 1. The molecule has 1 amide bonds. The first-order valence-electron chi connectivity index (χ1n) is 8.56. The minimum absolute atomic E-state index is 0.141. The molecule has 2 fully saturated rings. The van der Waals surface area contributed by atoms with Crippen molar-refractivity contribution in [1.29, 1.82) is 0 Å². The largest absolute Gasteiger partial charge is 0.388 e. The summed E-state index contributed by atoms with van der Waals surface area (Å²) in [5, 5.41) is 13.5. The number of nitrogens with one attached hydrogen (secondary N) is 1. The number of carbonyl (C=O) groups excluding carboxylic acids is 1. The Labute approximate surface area is 123 Å². The summed E-state index contributed by atoms with van der Waals surface area (Å²) >= 11 is 0. The molecule has 116 valence electrons. The van der Waals surface area contributed by atoms with Crippen molar-refractivity contribution in [3.8, 4) is 0 Å². The van der Waals surface area contributed by atoms with Gasteiger partial charge >= 0.3 is 0 Å². The topological polar surface area (TPSA) is 49.3 Å². The molecule has 0 aliphatic heterocycles. The van der Waals surface area contributed by atoms with Gasteiger partial charge in [0.15, 0.2) is 0 Å². The lowest BCUT2D eigenvalue weighted by Crippen LogP contribution is -2.43. The molecule has 2 N–H and O–H groups in total. The van der Waals surface area contributed by atoms with E-state index in [4.69, 9.17) is 0 Å². The van der Waals surface area contributed by atoms with E-state index in [0.717, 1.165) is 31.6 Å². The molecule has 0 spiro atoms. The van der Waals surface area contributed by atoms with Crippen LogP contribution in [0.3, 0.4) is 0 Å². The average molecular weight is 281 g/mol. The van der Waals surface area contributed by atoms with Crippen molar-refractivity contribution in [1.82, 2.24) is 5.32 Å². The van der Waals surface area contributed by atoms with Gasteiger partial charge in [0, 0.05) is 13.0 Å². The zero-order valence-electron chi connectivity index (χ0n) is 13.0. The van der Waals surface area contributed by atoms with Gasteiger partial charge in [0.05, 0.1) is 5.60 Å². The van der Waals surface area contributed by atoms with Crippen LogP contribution in [0.1, 0.15) is 77.6 Å². The molecule has 0 heterocycles. The molecule has 0 saturated heterocycles. The Hall–Kier alpha value is -0.570. The normalized spacial score (nSPS) is 30.5. The number of rotatable bonds is 4. The summed E-state index contributed by atoms with van der Waals surface area (Å²) in [6, 6.07) is 0. The maximum atomic E-state index is 12.1. The second-order valence-corrected chi connectivity index (χ2v) is 7.26. The van der Waals surface area contributed by atoms with Crippen LogP contribution in [0.15, 0.2) is 0 Å². The highest BCUT2D eigenvalue weighted by Crippen LogP contribution is 2.31. The Bertz CT molecular complexity index is 308. The van der Waals surface area contributed by atoms with Crippen LogP contribution in [0.5, 0.6) is 0 Å². The molecular formula is C17H31NO2. The van der Waals surface area contributed by atoms with E-state index in [9.17, 15) is 9.90 Å². The van der Waals surface area contributed by atoms with E-state index in [2.05, 4.69) is 12.2 Å². The molecule has 0 aromatic rings.